The van der Waals surface area contributed by atoms with Crippen molar-refractivity contribution in [1.82, 2.24) is 0 Å². The van der Waals surface area contributed by atoms with Crippen LogP contribution < -0.4 is 0 Å². The summed E-state index contributed by atoms with van der Waals surface area (Å²) in [5.74, 6) is -1.17. The lowest BCUT2D eigenvalue weighted by atomic mass is 9.57. The van der Waals surface area contributed by atoms with Gasteiger partial charge in [0.25, 0.3) is 0 Å². The Labute approximate surface area is 92.7 Å². The van der Waals surface area contributed by atoms with E-state index in [2.05, 4.69) is 6.07 Å². The van der Waals surface area contributed by atoms with Gasteiger partial charge in [0.1, 0.15) is 11.6 Å². The van der Waals surface area contributed by atoms with Crippen LogP contribution in [0, 0.1) is 28.4 Å². The molecule has 0 aliphatic heterocycles. The van der Waals surface area contributed by atoms with Gasteiger partial charge in [-0.25, -0.2) is 8.78 Å². The minimum absolute atomic E-state index is 0.316. The molecule has 2 aliphatic carbocycles. The first kappa shape index (κ1) is 9.77. The molecule has 2 aliphatic rings. The van der Waals surface area contributed by atoms with Crippen LogP contribution in [0.5, 0.6) is 0 Å². The summed E-state index contributed by atoms with van der Waals surface area (Å²) in [7, 11) is 0. The third-order valence-electron chi connectivity index (χ3n) is 3.97. The summed E-state index contributed by atoms with van der Waals surface area (Å²) in [5, 5.41) is 9.23. The lowest BCUT2D eigenvalue weighted by molar-refractivity contribution is 0.168. The fraction of sp³-hybridized carbons (Fsp3) is 0.462. The molecule has 0 atom stereocenters. The van der Waals surface area contributed by atoms with Crippen molar-refractivity contribution in [2.75, 3.05) is 0 Å². The van der Waals surface area contributed by atoms with Gasteiger partial charge < -0.3 is 0 Å². The molecule has 0 aromatic heterocycles. The van der Waals surface area contributed by atoms with Gasteiger partial charge in [0.2, 0.25) is 0 Å². The van der Waals surface area contributed by atoms with Crippen molar-refractivity contribution in [2.45, 2.75) is 31.1 Å². The minimum Gasteiger partial charge on any atom is -0.207 e. The molecule has 0 heterocycles. The normalized spacial score (nSPS) is 23.6. The third kappa shape index (κ3) is 1.19. The Balaban J connectivity index is 1.99. The van der Waals surface area contributed by atoms with Crippen molar-refractivity contribution in [1.29, 1.82) is 5.26 Å². The second-order valence-corrected chi connectivity index (χ2v) is 5.17. The molecule has 82 valence electrons. The summed E-state index contributed by atoms with van der Waals surface area (Å²) >= 11 is 0. The van der Waals surface area contributed by atoms with Crippen LogP contribution in [0.15, 0.2) is 18.2 Å². The molecule has 0 bridgehead atoms. The summed E-state index contributed by atoms with van der Waals surface area (Å²) in [6, 6.07) is 5.74. The fourth-order valence-electron chi connectivity index (χ4n) is 2.97. The van der Waals surface area contributed by atoms with E-state index in [0.29, 0.717) is 11.0 Å². The van der Waals surface area contributed by atoms with Crippen LogP contribution in [0.3, 0.4) is 0 Å². The predicted octanol–water partition coefficient (Wildman–Crippen LogP) is 3.30. The van der Waals surface area contributed by atoms with E-state index in [-0.39, 0.29) is 0 Å². The highest BCUT2D eigenvalue weighted by Gasteiger charge is 2.62. The van der Waals surface area contributed by atoms with E-state index in [9.17, 15) is 14.0 Å². The van der Waals surface area contributed by atoms with Crippen molar-refractivity contribution in [3.8, 4) is 6.07 Å². The van der Waals surface area contributed by atoms with Gasteiger partial charge in [0.05, 0.1) is 11.5 Å². The Hall–Kier alpha value is -1.43. The molecule has 0 unspecified atom stereocenters. The van der Waals surface area contributed by atoms with Crippen LogP contribution in [0.1, 0.15) is 31.2 Å². The molecule has 1 aromatic carbocycles. The highest BCUT2D eigenvalue weighted by molar-refractivity contribution is 5.40. The smallest absolute Gasteiger partial charge is 0.130 e. The van der Waals surface area contributed by atoms with Crippen molar-refractivity contribution in [3.63, 3.8) is 0 Å². The van der Waals surface area contributed by atoms with Gasteiger partial charge >= 0.3 is 0 Å². The van der Waals surface area contributed by atoms with Gasteiger partial charge in [-0.3, -0.25) is 0 Å². The SMILES string of the molecule is N#CC1(c2ccc(F)cc2F)CC2(CC2)C1. The van der Waals surface area contributed by atoms with E-state index in [4.69, 9.17) is 0 Å². The lowest BCUT2D eigenvalue weighted by Crippen LogP contribution is -2.42. The number of nitriles is 1. The second kappa shape index (κ2) is 2.82. The Bertz CT molecular complexity index is 489. The zero-order valence-corrected chi connectivity index (χ0v) is 8.76. The molecule has 0 N–H and O–H groups in total. The van der Waals surface area contributed by atoms with E-state index in [1.54, 1.807) is 0 Å². The quantitative estimate of drug-likeness (QED) is 0.711. The number of benzene rings is 1. The molecule has 3 heteroatoms. The van der Waals surface area contributed by atoms with Gasteiger partial charge in [-0.05, 0) is 37.2 Å². The first-order chi connectivity index (χ1) is 7.59. The average molecular weight is 219 g/mol. The molecular formula is C13H11F2N. The maximum absolute atomic E-state index is 13.6. The Morgan fingerprint density at radius 2 is 1.88 bits per heavy atom. The van der Waals surface area contributed by atoms with Crippen LogP contribution in [0.25, 0.3) is 0 Å². The molecule has 2 fully saturated rings. The van der Waals surface area contributed by atoms with Crippen LogP contribution in [0.2, 0.25) is 0 Å². The average Bonchev–Trinajstić information content (AvgIpc) is 2.95. The van der Waals surface area contributed by atoms with Gasteiger partial charge in [-0.15, -0.1) is 0 Å². The van der Waals surface area contributed by atoms with Crippen molar-refractivity contribution < 1.29 is 8.78 Å². The summed E-state index contributed by atoms with van der Waals surface area (Å²) in [5.41, 5.74) is -0.0147. The Morgan fingerprint density at radius 1 is 1.19 bits per heavy atom. The summed E-state index contributed by atoms with van der Waals surface area (Å²) in [6.45, 7) is 0. The summed E-state index contributed by atoms with van der Waals surface area (Å²) in [4.78, 5) is 0. The number of nitrogens with zero attached hydrogens (tertiary/aromatic N) is 1. The maximum atomic E-state index is 13.6. The summed E-state index contributed by atoms with van der Waals surface area (Å²) in [6.07, 6.45) is 3.77. The Kier molecular flexibility index (Phi) is 1.72. The van der Waals surface area contributed by atoms with Gasteiger partial charge in [-0.1, -0.05) is 6.07 Å². The van der Waals surface area contributed by atoms with E-state index >= 15 is 0 Å². The highest BCUT2D eigenvalue weighted by atomic mass is 19.1. The lowest BCUT2D eigenvalue weighted by Gasteiger charge is -2.43. The largest absolute Gasteiger partial charge is 0.207 e. The molecule has 3 rings (SSSR count). The highest BCUT2D eigenvalue weighted by Crippen LogP contribution is 2.68. The number of hydrogen-bond acceptors (Lipinski definition) is 1. The number of halogens is 2. The first-order valence-electron chi connectivity index (χ1n) is 5.46. The third-order valence-corrected chi connectivity index (χ3v) is 3.97. The molecule has 1 spiro atoms. The molecular weight excluding hydrogens is 208 g/mol. The molecule has 0 saturated heterocycles. The zero-order valence-electron chi connectivity index (χ0n) is 8.76. The van der Waals surface area contributed by atoms with E-state index in [1.165, 1.54) is 12.1 Å². The Morgan fingerprint density at radius 3 is 2.38 bits per heavy atom. The van der Waals surface area contributed by atoms with Crippen LogP contribution >= 0.6 is 0 Å². The van der Waals surface area contributed by atoms with E-state index in [0.717, 1.165) is 31.7 Å². The standard InChI is InChI=1S/C13H11F2N/c14-9-1-2-10(11(15)5-9)13(8-16)6-12(7-13)3-4-12/h1-2,5H,3-4,6-7H2. The molecule has 0 amide bonds. The molecule has 1 nitrogen and oxygen atoms in total. The molecule has 1 aromatic rings. The van der Waals surface area contributed by atoms with Crippen LogP contribution in [-0.2, 0) is 5.41 Å². The van der Waals surface area contributed by atoms with Crippen LogP contribution in [0.4, 0.5) is 8.78 Å². The minimum atomic E-state index is -0.700. The monoisotopic (exact) mass is 219 g/mol. The van der Waals surface area contributed by atoms with Gasteiger partial charge in [-0.2, -0.15) is 5.26 Å². The van der Waals surface area contributed by atoms with Crippen LogP contribution in [-0.4, -0.2) is 0 Å². The first-order valence-corrected chi connectivity index (χ1v) is 5.46. The van der Waals surface area contributed by atoms with E-state index < -0.39 is 17.0 Å². The number of hydrogen-bond donors (Lipinski definition) is 0. The maximum Gasteiger partial charge on any atom is 0.130 e. The van der Waals surface area contributed by atoms with Gasteiger partial charge in [0, 0.05) is 11.6 Å². The zero-order chi connectivity index (χ0) is 11.4. The summed E-state index contributed by atoms with van der Waals surface area (Å²) < 4.78 is 26.4. The van der Waals surface area contributed by atoms with Crippen molar-refractivity contribution >= 4 is 0 Å². The van der Waals surface area contributed by atoms with Crippen molar-refractivity contribution in [3.05, 3.63) is 35.4 Å². The second-order valence-electron chi connectivity index (χ2n) is 5.17. The molecule has 2 saturated carbocycles. The fourth-order valence-corrected chi connectivity index (χ4v) is 2.97. The van der Waals surface area contributed by atoms with Crippen molar-refractivity contribution in [2.24, 2.45) is 5.41 Å². The van der Waals surface area contributed by atoms with Gasteiger partial charge in [0.15, 0.2) is 0 Å². The molecule has 16 heavy (non-hydrogen) atoms. The topological polar surface area (TPSA) is 23.8 Å². The molecule has 0 radical (unpaired) electrons. The number of rotatable bonds is 1. The van der Waals surface area contributed by atoms with E-state index in [1.807, 2.05) is 0 Å². The predicted molar refractivity (Wildman–Crippen MR) is 54.6 cm³/mol.